The van der Waals surface area contributed by atoms with Crippen molar-refractivity contribution in [1.82, 2.24) is 30.0 Å². The topological polar surface area (TPSA) is 114 Å². The molecule has 4 rings (SSSR count). The van der Waals surface area contributed by atoms with Crippen molar-refractivity contribution >= 4 is 17.8 Å². The molecule has 1 aliphatic rings. The van der Waals surface area contributed by atoms with Crippen LogP contribution in [0.2, 0.25) is 0 Å². The number of urea groups is 1. The van der Waals surface area contributed by atoms with E-state index in [0.29, 0.717) is 48.3 Å². The summed E-state index contributed by atoms with van der Waals surface area (Å²) in [5.74, 6) is 1.12. The zero-order valence-corrected chi connectivity index (χ0v) is 19.1. The van der Waals surface area contributed by atoms with E-state index in [1.54, 1.807) is 29.4 Å². The van der Waals surface area contributed by atoms with Crippen molar-refractivity contribution in [3.63, 3.8) is 0 Å². The van der Waals surface area contributed by atoms with Crippen molar-refractivity contribution in [2.75, 3.05) is 19.0 Å². The average molecular weight is 450 g/mol. The van der Waals surface area contributed by atoms with Gasteiger partial charge in [0.25, 0.3) is 5.91 Å². The maximum absolute atomic E-state index is 13.1. The molecule has 1 aliphatic heterocycles. The minimum absolute atomic E-state index is 0.131. The van der Waals surface area contributed by atoms with E-state index in [0.717, 1.165) is 11.1 Å². The van der Waals surface area contributed by atoms with E-state index in [4.69, 9.17) is 4.74 Å². The molecule has 3 amide bonds. The fourth-order valence-electron chi connectivity index (χ4n) is 3.80. The molecule has 10 nitrogen and oxygen atoms in total. The van der Waals surface area contributed by atoms with Gasteiger partial charge in [0.2, 0.25) is 0 Å². The standard InChI is InChI=1S/C23H27N7O3/c1-5-24-23(32)29-11-15-9-17(19(33-4)10-16(15)12-29)22(31)27-20-8-6-7-18(26-20)21-28-25-13-30(21)14(2)3/h6-10,13-14H,5,11-12H2,1-4H3,(H,24,32)(H,26,27,31). The van der Waals surface area contributed by atoms with Gasteiger partial charge < -0.3 is 24.8 Å². The van der Waals surface area contributed by atoms with Crippen molar-refractivity contribution in [3.05, 3.63) is 53.3 Å². The van der Waals surface area contributed by atoms with Crippen LogP contribution in [0.3, 0.4) is 0 Å². The third kappa shape index (κ3) is 4.50. The SMILES string of the molecule is CCNC(=O)N1Cc2cc(OC)c(C(=O)Nc3cccc(-c4nncn4C(C)C)n3)cc2C1. The van der Waals surface area contributed by atoms with Gasteiger partial charge >= 0.3 is 6.03 Å². The number of carbonyl (C=O) groups is 2. The maximum atomic E-state index is 13.1. The van der Waals surface area contributed by atoms with E-state index < -0.39 is 0 Å². The number of methoxy groups -OCH3 is 1. The van der Waals surface area contributed by atoms with Gasteiger partial charge in [-0.05, 0) is 56.2 Å². The fraction of sp³-hybridized carbons (Fsp3) is 0.348. The second-order valence-corrected chi connectivity index (χ2v) is 8.03. The molecule has 0 spiro atoms. The number of hydrogen-bond acceptors (Lipinski definition) is 6. The molecule has 0 radical (unpaired) electrons. The molecule has 10 heteroatoms. The van der Waals surface area contributed by atoms with Crippen LogP contribution in [-0.4, -0.2) is 50.2 Å². The molecule has 0 fully saturated rings. The van der Waals surface area contributed by atoms with E-state index in [-0.39, 0.29) is 18.0 Å². The highest BCUT2D eigenvalue weighted by molar-refractivity contribution is 6.06. The Bertz CT molecular complexity index is 1190. The van der Waals surface area contributed by atoms with Crippen molar-refractivity contribution in [2.24, 2.45) is 0 Å². The van der Waals surface area contributed by atoms with Gasteiger partial charge in [-0.2, -0.15) is 0 Å². The third-order valence-corrected chi connectivity index (χ3v) is 5.45. The van der Waals surface area contributed by atoms with E-state index in [1.807, 2.05) is 37.5 Å². The summed E-state index contributed by atoms with van der Waals surface area (Å²) >= 11 is 0. The van der Waals surface area contributed by atoms with E-state index in [9.17, 15) is 9.59 Å². The van der Waals surface area contributed by atoms with E-state index >= 15 is 0 Å². The van der Waals surface area contributed by atoms with Crippen molar-refractivity contribution in [2.45, 2.75) is 39.9 Å². The summed E-state index contributed by atoms with van der Waals surface area (Å²) in [5, 5.41) is 13.8. The predicted octanol–water partition coefficient (Wildman–Crippen LogP) is 3.23. The van der Waals surface area contributed by atoms with Crippen LogP contribution in [0.15, 0.2) is 36.7 Å². The highest BCUT2D eigenvalue weighted by Gasteiger charge is 2.26. The highest BCUT2D eigenvalue weighted by Crippen LogP contribution is 2.31. The Kier molecular flexibility index (Phi) is 6.25. The first kappa shape index (κ1) is 22.3. The zero-order valence-electron chi connectivity index (χ0n) is 19.1. The largest absolute Gasteiger partial charge is 0.496 e. The summed E-state index contributed by atoms with van der Waals surface area (Å²) in [6, 6.07) is 8.99. The number of aromatic nitrogens is 4. The number of ether oxygens (including phenoxy) is 1. The number of nitrogens with one attached hydrogen (secondary N) is 2. The fourth-order valence-corrected chi connectivity index (χ4v) is 3.80. The van der Waals surface area contributed by atoms with Gasteiger partial charge in [-0.3, -0.25) is 4.79 Å². The Hall–Kier alpha value is -3.95. The third-order valence-electron chi connectivity index (χ3n) is 5.45. The van der Waals surface area contributed by atoms with Crippen LogP contribution in [0.5, 0.6) is 5.75 Å². The summed E-state index contributed by atoms with van der Waals surface area (Å²) in [6.07, 6.45) is 1.66. The highest BCUT2D eigenvalue weighted by atomic mass is 16.5. The number of benzene rings is 1. The van der Waals surface area contributed by atoms with Gasteiger partial charge in [-0.25, -0.2) is 9.78 Å². The molecule has 3 heterocycles. The Morgan fingerprint density at radius 1 is 1.18 bits per heavy atom. The molecule has 2 N–H and O–H groups in total. The van der Waals surface area contributed by atoms with Crippen LogP contribution in [-0.2, 0) is 13.1 Å². The summed E-state index contributed by atoms with van der Waals surface area (Å²) in [6.45, 7) is 7.41. The summed E-state index contributed by atoms with van der Waals surface area (Å²) in [4.78, 5) is 31.6. The Labute approximate surface area is 192 Å². The molecule has 0 bridgehead atoms. The molecule has 0 aliphatic carbocycles. The molecule has 0 saturated heterocycles. The van der Waals surface area contributed by atoms with Crippen LogP contribution in [0.25, 0.3) is 11.5 Å². The first-order valence-corrected chi connectivity index (χ1v) is 10.8. The van der Waals surface area contributed by atoms with Crippen molar-refractivity contribution < 1.29 is 14.3 Å². The first-order chi connectivity index (χ1) is 15.9. The van der Waals surface area contributed by atoms with Gasteiger partial charge in [0, 0.05) is 25.7 Å². The molecule has 0 unspecified atom stereocenters. The summed E-state index contributed by atoms with van der Waals surface area (Å²) < 4.78 is 7.39. The van der Waals surface area contributed by atoms with E-state index in [1.165, 1.54) is 7.11 Å². The van der Waals surface area contributed by atoms with Gasteiger partial charge in [0.1, 0.15) is 23.6 Å². The molecule has 172 valence electrons. The van der Waals surface area contributed by atoms with Crippen LogP contribution < -0.4 is 15.4 Å². The summed E-state index contributed by atoms with van der Waals surface area (Å²) in [5.41, 5.74) is 2.87. The van der Waals surface area contributed by atoms with Crippen molar-refractivity contribution in [1.29, 1.82) is 0 Å². The quantitative estimate of drug-likeness (QED) is 0.597. The number of nitrogens with zero attached hydrogens (tertiary/aromatic N) is 5. The first-order valence-electron chi connectivity index (χ1n) is 10.8. The number of anilines is 1. The van der Waals surface area contributed by atoms with Gasteiger partial charge in [-0.15, -0.1) is 10.2 Å². The lowest BCUT2D eigenvalue weighted by atomic mass is 10.0. The lowest BCUT2D eigenvalue weighted by Gasteiger charge is -2.15. The average Bonchev–Trinajstić information content (AvgIpc) is 3.45. The van der Waals surface area contributed by atoms with Crippen molar-refractivity contribution in [3.8, 4) is 17.3 Å². The molecular formula is C23H27N7O3. The minimum Gasteiger partial charge on any atom is -0.496 e. The van der Waals surface area contributed by atoms with Crippen LogP contribution in [0.1, 0.15) is 48.3 Å². The van der Waals surface area contributed by atoms with Crippen LogP contribution in [0.4, 0.5) is 10.6 Å². The normalized spacial score (nSPS) is 12.6. The minimum atomic E-state index is -0.346. The zero-order chi connectivity index (χ0) is 23.5. The molecule has 3 aromatic rings. The number of amides is 3. The lowest BCUT2D eigenvalue weighted by molar-refractivity contribution is 0.102. The van der Waals surface area contributed by atoms with Crippen LogP contribution >= 0.6 is 0 Å². The molecular weight excluding hydrogens is 422 g/mol. The molecule has 33 heavy (non-hydrogen) atoms. The monoisotopic (exact) mass is 449 g/mol. The molecule has 0 saturated carbocycles. The number of carbonyl (C=O) groups excluding carboxylic acids is 2. The lowest BCUT2D eigenvalue weighted by Crippen LogP contribution is -2.36. The Morgan fingerprint density at radius 2 is 1.94 bits per heavy atom. The second-order valence-electron chi connectivity index (χ2n) is 8.03. The van der Waals surface area contributed by atoms with E-state index in [2.05, 4.69) is 25.8 Å². The number of hydrogen-bond donors (Lipinski definition) is 2. The summed E-state index contributed by atoms with van der Waals surface area (Å²) in [7, 11) is 1.52. The number of rotatable bonds is 6. The maximum Gasteiger partial charge on any atom is 0.317 e. The smallest absolute Gasteiger partial charge is 0.317 e. The molecule has 1 aromatic carbocycles. The second kappa shape index (κ2) is 9.27. The van der Waals surface area contributed by atoms with Gasteiger partial charge in [-0.1, -0.05) is 6.07 Å². The predicted molar refractivity (Wildman–Crippen MR) is 123 cm³/mol. The molecule has 2 aromatic heterocycles. The van der Waals surface area contributed by atoms with Gasteiger partial charge in [0.05, 0.1) is 12.7 Å². The number of pyridine rings is 1. The Morgan fingerprint density at radius 3 is 2.64 bits per heavy atom. The molecule has 0 atom stereocenters. The number of fused-ring (bicyclic) bond motifs is 1. The van der Waals surface area contributed by atoms with Gasteiger partial charge in [0.15, 0.2) is 5.82 Å². The van der Waals surface area contributed by atoms with Crippen LogP contribution in [0, 0.1) is 0 Å². The Balaban J connectivity index is 1.57.